The summed E-state index contributed by atoms with van der Waals surface area (Å²) in [6.07, 6.45) is 0.810. The average Bonchev–Trinajstić information content (AvgIpc) is 2.66. The fourth-order valence-electron chi connectivity index (χ4n) is 2.04. The number of rotatable bonds is 5. The maximum absolute atomic E-state index is 9.98. The van der Waals surface area contributed by atoms with Crippen LogP contribution in [0.1, 0.15) is 6.42 Å². The molecule has 1 aliphatic rings. The Hall–Kier alpha value is -0.710. The molecule has 3 nitrogen and oxygen atoms in total. The first-order valence-electron chi connectivity index (χ1n) is 6.50. The molecule has 1 fully saturated rings. The second-order valence-electron chi connectivity index (χ2n) is 4.54. The summed E-state index contributed by atoms with van der Waals surface area (Å²) in [5.41, 5.74) is 0. The van der Waals surface area contributed by atoms with E-state index in [-0.39, 0.29) is 0 Å². The first-order chi connectivity index (χ1) is 8.84. The Kier molecular flexibility index (Phi) is 5.84. The molecule has 0 saturated carbocycles. The number of aliphatic hydroxyl groups is 1. The molecule has 1 aromatic rings. The average molecular weight is 267 g/mol. The molecule has 0 radical (unpaired) electrons. The normalized spacial score (nSPS) is 19.2. The summed E-state index contributed by atoms with van der Waals surface area (Å²) in [5, 5.41) is 9.98. The Labute approximate surface area is 113 Å². The van der Waals surface area contributed by atoms with Crippen molar-refractivity contribution in [2.45, 2.75) is 12.5 Å². The van der Waals surface area contributed by atoms with E-state index in [2.05, 4.69) is 4.90 Å². The molecular weight excluding hydrogens is 246 g/mol. The van der Waals surface area contributed by atoms with Gasteiger partial charge in [0.15, 0.2) is 0 Å². The van der Waals surface area contributed by atoms with Crippen molar-refractivity contribution in [3.8, 4) is 5.75 Å². The van der Waals surface area contributed by atoms with Gasteiger partial charge in [0.05, 0.1) is 0 Å². The quantitative estimate of drug-likeness (QED) is 0.883. The maximum atomic E-state index is 9.98. The van der Waals surface area contributed by atoms with E-state index in [9.17, 15) is 5.11 Å². The first-order valence-corrected chi connectivity index (χ1v) is 7.66. The van der Waals surface area contributed by atoms with E-state index in [0.29, 0.717) is 13.2 Å². The van der Waals surface area contributed by atoms with Crippen LogP contribution in [0.4, 0.5) is 0 Å². The van der Waals surface area contributed by atoms with Crippen molar-refractivity contribution in [1.29, 1.82) is 0 Å². The van der Waals surface area contributed by atoms with Crippen molar-refractivity contribution >= 4 is 11.8 Å². The van der Waals surface area contributed by atoms with Gasteiger partial charge in [-0.3, -0.25) is 4.90 Å². The van der Waals surface area contributed by atoms with Crippen molar-refractivity contribution in [2.24, 2.45) is 0 Å². The molecule has 0 spiro atoms. The minimum absolute atomic E-state index is 0.369. The fraction of sp³-hybridized carbons (Fsp3) is 0.571. The van der Waals surface area contributed by atoms with Crippen LogP contribution in [0.15, 0.2) is 30.3 Å². The van der Waals surface area contributed by atoms with Crippen LogP contribution in [0.25, 0.3) is 0 Å². The smallest absolute Gasteiger partial charge is 0.119 e. The van der Waals surface area contributed by atoms with Crippen LogP contribution in [0, 0.1) is 0 Å². The Morgan fingerprint density at radius 3 is 2.89 bits per heavy atom. The number of benzene rings is 1. The molecule has 2 rings (SSSR count). The van der Waals surface area contributed by atoms with Crippen LogP contribution < -0.4 is 4.74 Å². The van der Waals surface area contributed by atoms with Crippen LogP contribution >= 0.6 is 11.8 Å². The zero-order chi connectivity index (χ0) is 12.6. The number of thioether (sulfide) groups is 1. The molecular formula is C14H21NO2S. The number of β-amino-alcohol motifs (C(OH)–C–C–N with tert-alkyl or cyclic N) is 1. The molecule has 0 aliphatic carbocycles. The number of aliphatic hydroxyl groups excluding tert-OH is 1. The first kappa shape index (κ1) is 13.7. The SMILES string of the molecule is O[C@@H](COc1ccccc1)CN1CCCSCC1. The van der Waals surface area contributed by atoms with Crippen LogP contribution in [-0.2, 0) is 0 Å². The van der Waals surface area contributed by atoms with Gasteiger partial charge < -0.3 is 9.84 Å². The van der Waals surface area contributed by atoms with Gasteiger partial charge in [-0.25, -0.2) is 0 Å². The zero-order valence-electron chi connectivity index (χ0n) is 10.6. The highest BCUT2D eigenvalue weighted by molar-refractivity contribution is 7.99. The summed E-state index contributed by atoms with van der Waals surface area (Å²) in [6, 6.07) is 9.66. The molecule has 1 aliphatic heterocycles. The predicted molar refractivity (Wildman–Crippen MR) is 76.3 cm³/mol. The topological polar surface area (TPSA) is 32.7 Å². The summed E-state index contributed by atoms with van der Waals surface area (Å²) >= 11 is 2.00. The van der Waals surface area contributed by atoms with Gasteiger partial charge in [-0.15, -0.1) is 0 Å². The third kappa shape index (κ3) is 4.88. The molecule has 4 heteroatoms. The lowest BCUT2D eigenvalue weighted by Crippen LogP contribution is -2.36. The van der Waals surface area contributed by atoms with Gasteiger partial charge in [-0.1, -0.05) is 18.2 Å². The van der Waals surface area contributed by atoms with E-state index < -0.39 is 6.10 Å². The summed E-state index contributed by atoms with van der Waals surface area (Å²) in [4.78, 5) is 2.33. The Balaban J connectivity index is 1.69. The molecule has 100 valence electrons. The molecule has 1 aromatic carbocycles. The predicted octanol–water partition coefficient (Wildman–Crippen LogP) is 1.87. The van der Waals surface area contributed by atoms with Gasteiger partial charge in [0.2, 0.25) is 0 Å². The number of ether oxygens (including phenoxy) is 1. The fourth-order valence-corrected chi connectivity index (χ4v) is 2.96. The van der Waals surface area contributed by atoms with Gasteiger partial charge in [0.1, 0.15) is 18.5 Å². The lowest BCUT2D eigenvalue weighted by Gasteiger charge is -2.22. The van der Waals surface area contributed by atoms with Gasteiger partial charge in [-0.05, 0) is 30.9 Å². The third-order valence-corrected chi connectivity index (χ3v) is 4.02. The van der Waals surface area contributed by atoms with E-state index in [1.807, 2.05) is 42.1 Å². The lowest BCUT2D eigenvalue weighted by atomic mass is 10.3. The summed E-state index contributed by atoms with van der Waals surface area (Å²) in [6.45, 7) is 3.25. The van der Waals surface area contributed by atoms with Crippen LogP contribution in [0.3, 0.4) is 0 Å². The molecule has 1 heterocycles. The number of hydrogen-bond acceptors (Lipinski definition) is 4. The lowest BCUT2D eigenvalue weighted by molar-refractivity contribution is 0.0708. The summed E-state index contributed by atoms with van der Waals surface area (Å²) in [5.74, 6) is 3.24. The molecule has 1 N–H and O–H groups in total. The highest BCUT2D eigenvalue weighted by atomic mass is 32.2. The monoisotopic (exact) mass is 267 g/mol. The Morgan fingerprint density at radius 1 is 1.22 bits per heavy atom. The standard InChI is InChI=1S/C14H21NO2S/c16-13(11-15-7-4-9-18-10-8-15)12-17-14-5-2-1-3-6-14/h1-3,5-6,13,16H,4,7-12H2/t13-/m1/s1. The molecule has 0 aromatic heterocycles. The van der Waals surface area contributed by atoms with Crippen molar-refractivity contribution in [3.05, 3.63) is 30.3 Å². The summed E-state index contributed by atoms with van der Waals surface area (Å²) in [7, 11) is 0. The van der Waals surface area contributed by atoms with Crippen LogP contribution in [-0.4, -0.2) is 53.9 Å². The molecule has 0 bridgehead atoms. The van der Waals surface area contributed by atoms with Crippen LogP contribution in [0.2, 0.25) is 0 Å². The van der Waals surface area contributed by atoms with E-state index in [4.69, 9.17) is 4.74 Å². The third-order valence-electron chi connectivity index (χ3n) is 2.97. The van der Waals surface area contributed by atoms with Crippen molar-refractivity contribution in [1.82, 2.24) is 4.90 Å². The van der Waals surface area contributed by atoms with Gasteiger partial charge >= 0.3 is 0 Å². The van der Waals surface area contributed by atoms with Crippen molar-refractivity contribution in [3.63, 3.8) is 0 Å². The maximum Gasteiger partial charge on any atom is 0.119 e. The largest absolute Gasteiger partial charge is 0.491 e. The minimum Gasteiger partial charge on any atom is -0.491 e. The number of para-hydroxylation sites is 1. The second kappa shape index (κ2) is 7.67. The van der Waals surface area contributed by atoms with E-state index >= 15 is 0 Å². The van der Waals surface area contributed by atoms with E-state index in [1.165, 1.54) is 17.9 Å². The molecule has 0 unspecified atom stereocenters. The van der Waals surface area contributed by atoms with Crippen molar-refractivity contribution in [2.75, 3.05) is 37.7 Å². The molecule has 18 heavy (non-hydrogen) atoms. The second-order valence-corrected chi connectivity index (χ2v) is 5.77. The zero-order valence-corrected chi connectivity index (χ0v) is 11.4. The van der Waals surface area contributed by atoms with Gasteiger partial charge in [-0.2, -0.15) is 11.8 Å². The molecule has 1 atom stereocenters. The number of nitrogens with zero attached hydrogens (tertiary/aromatic N) is 1. The number of hydrogen-bond donors (Lipinski definition) is 1. The van der Waals surface area contributed by atoms with Crippen molar-refractivity contribution < 1.29 is 9.84 Å². The molecule has 0 amide bonds. The minimum atomic E-state index is -0.409. The van der Waals surface area contributed by atoms with E-state index in [1.54, 1.807) is 0 Å². The van der Waals surface area contributed by atoms with Gasteiger partial charge in [0, 0.05) is 18.8 Å². The highest BCUT2D eigenvalue weighted by Crippen LogP contribution is 2.11. The summed E-state index contributed by atoms with van der Waals surface area (Å²) < 4.78 is 5.56. The van der Waals surface area contributed by atoms with Gasteiger partial charge in [0.25, 0.3) is 0 Å². The highest BCUT2D eigenvalue weighted by Gasteiger charge is 2.14. The Bertz CT molecular complexity index is 326. The van der Waals surface area contributed by atoms with Crippen LogP contribution in [0.5, 0.6) is 5.75 Å². The van der Waals surface area contributed by atoms with E-state index in [0.717, 1.165) is 18.8 Å². The molecule has 1 saturated heterocycles. The Morgan fingerprint density at radius 2 is 2.06 bits per heavy atom.